The third-order valence-electron chi connectivity index (χ3n) is 4.44. The zero-order valence-corrected chi connectivity index (χ0v) is 13.2. The minimum Gasteiger partial charge on any atom is -0.396 e. The molecule has 9 heteroatoms. The maximum absolute atomic E-state index is 10.4. The van der Waals surface area contributed by atoms with Crippen LogP contribution in [0.5, 0.6) is 0 Å². The molecule has 2 aromatic heterocycles. The molecule has 1 aliphatic rings. The SMILES string of the molecule is CSc1nc(N)c2ncn(C3C[C@](C)(CO)[C@@H](O)[C@H]3O)c2n1. The summed E-state index contributed by atoms with van der Waals surface area (Å²) in [4.78, 5) is 12.8. The Morgan fingerprint density at radius 3 is 2.77 bits per heavy atom. The third kappa shape index (κ3) is 2.16. The van der Waals surface area contributed by atoms with E-state index in [1.54, 1.807) is 17.8 Å². The van der Waals surface area contributed by atoms with Gasteiger partial charge in [0.05, 0.1) is 25.1 Å². The summed E-state index contributed by atoms with van der Waals surface area (Å²) in [7, 11) is 0. The summed E-state index contributed by atoms with van der Waals surface area (Å²) < 4.78 is 1.71. The van der Waals surface area contributed by atoms with E-state index in [4.69, 9.17) is 5.73 Å². The number of aliphatic hydroxyl groups excluding tert-OH is 3. The Bertz CT molecular complexity index is 708. The monoisotopic (exact) mass is 325 g/mol. The van der Waals surface area contributed by atoms with Crippen LogP contribution in [-0.2, 0) is 0 Å². The quantitative estimate of drug-likeness (QED) is 0.451. The van der Waals surface area contributed by atoms with Crippen molar-refractivity contribution in [3.05, 3.63) is 6.33 Å². The Morgan fingerprint density at radius 1 is 1.45 bits per heavy atom. The number of imidazole rings is 1. The third-order valence-corrected chi connectivity index (χ3v) is 4.98. The molecule has 2 aromatic rings. The first-order valence-electron chi connectivity index (χ1n) is 6.92. The van der Waals surface area contributed by atoms with Crippen molar-refractivity contribution >= 4 is 28.7 Å². The van der Waals surface area contributed by atoms with Crippen LogP contribution in [0.25, 0.3) is 11.2 Å². The van der Waals surface area contributed by atoms with E-state index in [1.807, 2.05) is 6.26 Å². The second-order valence-electron chi connectivity index (χ2n) is 5.94. The second kappa shape index (κ2) is 5.34. The van der Waals surface area contributed by atoms with Crippen molar-refractivity contribution in [3.63, 3.8) is 0 Å². The molecule has 3 rings (SSSR count). The fourth-order valence-electron chi connectivity index (χ4n) is 3.01. The average Bonchev–Trinajstić information content (AvgIpc) is 3.03. The van der Waals surface area contributed by atoms with Crippen molar-refractivity contribution in [2.45, 2.75) is 36.8 Å². The Balaban J connectivity index is 2.09. The smallest absolute Gasteiger partial charge is 0.191 e. The molecule has 5 N–H and O–H groups in total. The maximum atomic E-state index is 10.4. The molecule has 1 saturated carbocycles. The summed E-state index contributed by atoms with van der Waals surface area (Å²) in [6, 6.07) is -0.429. The standard InChI is InChI=1S/C13H19N5O3S/c1-13(4-19)3-6(8(20)9(13)21)18-5-15-7-10(14)16-12(22-2)17-11(7)18/h5-6,8-9,19-21H,3-4H2,1-2H3,(H2,14,16,17)/t6?,8-,9-,13+/m0/s1. The summed E-state index contributed by atoms with van der Waals surface area (Å²) >= 11 is 1.36. The molecule has 1 unspecified atom stereocenters. The first kappa shape index (κ1) is 15.5. The zero-order chi connectivity index (χ0) is 16.1. The van der Waals surface area contributed by atoms with Gasteiger partial charge in [-0.15, -0.1) is 0 Å². The summed E-state index contributed by atoms with van der Waals surface area (Å²) in [5, 5.41) is 30.6. The molecule has 120 valence electrons. The second-order valence-corrected chi connectivity index (χ2v) is 6.71. The minimum absolute atomic E-state index is 0.207. The molecule has 0 amide bonds. The first-order valence-corrected chi connectivity index (χ1v) is 8.15. The lowest BCUT2D eigenvalue weighted by molar-refractivity contribution is -0.0403. The number of nitrogen functional groups attached to an aromatic ring is 1. The number of rotatable bonds is 3. The summed E-state index contributed by atoms with van der Waals surface area (Å²) in [6.07, 6.45) is 1.78. The van der Waals surface area contributed by atoms with Crippen LogP contribution in [0.3, 0.4) is 0 Å². The largest absolute Gasteiger partial charge is 0.396 e. The fourth-order valence-corrected chi connectivity index (χ4v) is 3.38. The van der Waals surface area contributed by atoms with E-state index < -0.39 is 23.7 Å². The van der Waals surface area contributed by atoms with Gasteiger partial charge in [0, 0.05) is 5.41 Å². The molecule has 0 radical (unpaired) electrons. The van der Waals surface area contributed by atoms with Crippen LogP contribution in [0.4, 0.5) is 5.82 Å². The Hall–Kier alpha value is -1.42. The van der Waals surface area contributed by atoms with Crippen molar-refractivity contribution < 1.29 is 15.3 Å². The van der Waals surface area contributed by atoms with Gasteiger partial charge in [-0.05, 0) is 12.7 Å². The van der Waals surface area contributed by atoms with Gasteiger partial charge in [0.25, 0.3) is 0 Å². The minimum atomic E-state index is -1.01. The van der Waals surface area contributed by atoms with E-state index in [-0.39, 0.29) is 12.4 Å². The highest BCUT2D eigenvalue weighted by Gasteiger charge is 2.50. The lowest BCUT2D eigenvalue weighted by atomic mass is 9.87. The van der Waals surface area contributed by atoms with Crippen molar-refractivity contribution in [2.75, 3.05) is 18.6 Å². The number of nitrogens with zero attached hydrogens (tertiary/aromatic N) is 4. The number of hydrogen-bond donors (Lipinski definition) is 4. The van der Waals surface area contributed by atoms with E-state index in [0.29, 0.717) is 22.7 Å². The molecule has 8 nitrogen and oxygen atoms in total. The van der Waals surface area contributed by atoms with Gasteiger partial charge in [-0.2, -0.15) is 0 Å². The van der Waals surface area contributed by atoms with Gasteiger partial charge < -0.3 is 25.6 Å². The highest BCUT2D eigenvalue weighted by atomic mass is 32.2. The number of aliphatic hydroxyl groups is 3. The van der Waals surface area contributed by atoms with Crippen LogP contribution in [0, 0.1) is 5.41 Å². The predicted molar refractivity (Wildman–Crippen MR) is 82.4 cm³/mol. The van der Waals surface area contributed by atoms with Crippen LogP contribution in [0.15, 0.2) is 11.5 Å². The summed E-state index contributed by atoms with van der Waals surface area (Å²) in [6.45, 7) is 1.54. The first-order chi connectivity index (χ1) is 10.4. The number of thioether (sulfide) groups is 1. The number of anilines is 1. The van der Waals surface area contributed by atoms with Gasteiger partial charge in [0.1, 0.15) is 11.6 Å². The molecule has 0 aromatic carbocycles. The molecular weight excluding hydrogens is 306 g/mol. The van der Waals surface area contributed by atoms with Crippen LogP contribution in [0.2, 0.25) is 0 Å². The number of aromatic nitrogens is 4. The lowest BCUT2D eigenvalue weighted by Crippen LogP contribution is -2.36. The fraction of sp³-hybridized carbons (Fsp3) is 0.615. The molecule has 1 aliphatic carbocycles. The lowest BCUT2D eigenvalue weighted by Gasteiger charge is -2.25. The number of nitrogens with two attached hydrogens (primary N) is 1. The van der Waals surface area contributed by atoms with Gasteiger partial charge in [0.15, 0.2) is 16.6 Å². The molecule has 0 bridgehead atoms. The molecule has 1 fully saturated rings. The molecule has 2 heterocycles. The predicted octanol–water partition coefficient (Wildman–Crippen LogP) is -0.204. The van der Waals surface area contributed by atoms with Gasteiger partial charge in [0.2, 0.25) is 0 Å². The van der Waals surface area contributed by atoms with Gasteiger partial charge in [-0.1, -0.05) is 18.7 Å². The topological polar surface area (TPSA) is 130 Å². The maximum Gasteiger partial charge on any atom is 0.191 e. The molecule has 4 atom stereocenters. The zero-order valence-electron chi connectivity index (χ0n) is 12.3. The Morgan fingerprint density at radius 2 is 2.18 bits per heavy atom. The molecular formula is C13H19N5O3S. The Kier molecular flexibility index (Phi) is 3.76. The van der Waals surface area contributed by atoms with E-state index in [2.05, 4.69) is 15.0 Å². The van der Waals surface area contributed by atoms with Crippen LogP contribution in [0.1, 0.15) is 19.4 Å². The highest BCUT2D eigenvalue weighted by Crippen LogP contribution is 2.45. The molecule has 0 saturated heterocycles. The van der Waals surface area contributed by atoms with E-state index in [0.717, 1.165) is 0 Å². The van der Waals surface area contributed by atoms with E-state index >= 15 is 0 Å². The molecule has 0 spiro atoms. The van der Waals surface area contributed by atoms with Gasteiger partial charge >= 0.3 is 0 Å². The molecule has 0 aliphatic heterocycles. The Labute approximate surface area is 131 Å². The van der Waals surface area contributed by atoms with Crippen molar-refractivity contribution in [1.29, 1.82) is 0 Å². The van der Waals surface area contributed by atoms with Crippen molar-refractivity contribution in [3.8, 4) is 0 Å². The average molecular weight is 325 g/mol. The van der Waals surface area contributed by atoms with Gasteiger partial charge in [-0.25, -0.2) is 15.0 Å². The van der Waals surface area contributed by atoms with Crippen molar-refractivity contribution in [2.24, 2.45) is 5.41 Å². The summed E-state index contributed by atoms with van der Waals surface area (Å²) in [5.74, 6) is 0.283. The van der Waals surface area contributed by atoms with Crippen LogP contribution < -0.4 is 5.73 Å². The van der Waals surface area contributed by atoms with Crippen molar-refractivity contribution in [1.82, 2.24) is 19.5 Å². The van der Waals surface area contributed by atoms with Crippen LogP contribution in [-0.4, -0.2) is 59.9 Å². The normalized spacial score (nSPS) is 32.0. The number of hydrogen-bond acceptors (Lipinski definition) is 8. The molecule has 22 heavy (non-hydrogen) atoms. The highest BCUT2D eigenvalue weighted by molar-refractivity contribution is 7.98. The van der Waals surface area contributed by atoms with E-state index in [9.17, 15) is 15.3 Å². The number of fused-ring (bicyclic) bond motifs is 1. The van der Waals surface area contributed by atoms with Crippen LogP contribution >= 0.6 is 11.8 Å². The van der Waals surface area contributed by atoms with Gasteiger partial charge in [-0.3, -0.25) is 0 Å². The van der Waals surface area contributed by atoms with E-state index in [1.165, 1.54) is 11.8 Å². The summed E-state index contributed by atoms with van der Waals surface area (Å²) in [5.41, 5.74) is 6.12.